The number of halogens is 1. The van der Waals surface area contributed by atoms with Crippen molar-refractivity contribution in [3.63, 3.8) is 0 Å². The quantitative estimate of drug-likeness (QED) is 0.573. The lowest BCUT2D eigenvalue weighted by Crippen LogP contribution is -2.36. The van der Waals surface area contributed by atoms with Gasteiger partial charge >= 0.3 is 17.3 Å². The Balaban J connectivity index is 2.08. The van der Waals surface area contributed by atoms with E-state index in [0.29, 0.717) is 30.5 Å². The molecule has 1 aromatic heterocycles. The molecule has 0 saturated carbocycles. The molecule has 9 heteroatoms. The molecular weight excluding hydrogens is 382 g/mol. The summed E-state index contributed by atoms with van der Waals surface area (Å²) in [4.78, 5) is 36.1. The molecule has 0 N–H and O–H groups in total. The number of carbonyl (C=O) groups is 1. The summed E-state index contributed by atoms with van der Waals surface area (Å²) in [6.07, 6.45) is 1.87. The molecule has 8 nitrogen and oxygen atoms in total. The molecule has 24 heavy (non-hydrogen) atoms. The number of ether oxygens (including phenoxy) is 1. The van der Waals surface area contributed by atoms with Gasteiger partial charge in [-0.2, -0.15) is 0 Å². The second-order valence-corrected chi connectivity index (χ2v) is 7.75. The second-order valence-electron chi connectivity index (χ2n) is 6.84. The fourth-order valence-corrected chi connectivity index (χ4v) is 3.07. The number of amides is 1. The van der Waals surface area contributed by atoms with E-state index in [1.54, 1.807) is 25.7 Å². The third-order valence-corrected chi connectivity index (χ3v) is 4.06. The van der Waals surface area contributed by atoms with Crippen molar-refractivity contribution in [2.24, 2.45) is 5.92 Å². The monoisotopic (exact) mass is 401 g/mol. The molecule has 0 aromatic carbocycles. The van der Waals surface area contributed by atoms with E-state index in [1.165, 1.54) is 16.8 Å². The van der Waals surface area contributed by atoms with E-state index in [2.05, 4.69) is 15.9 Å². The minimum absolute atomic E-state index is 0.0455. The Bertz CT molecular complexity index is 710. The van der Waals surface area contributed by atoms with Crippen LogP contribution < -0.4 is 5.56 Å². The largest absolute Gasteiger partial charge is 0.444 e. The lowest BCUT2D eigenvalue weighted by molar-refractivity contribution is -0.386. The Morgan fingerprint density at radius 2 is 2.17 bits per heavy atom. The van der Waals surface area contributed by atoms with Crippen LogP contribution in [0.5, 0.6) is 0 Å². The molecule has 0 bridgehead atoms. The first-order chi connectivity index (χ1) is 11.1. The summed E-state index contributed by atoms with van der Waals surface area (Å²) in [6.45, 7) is 6.74. The number of hydrogen-bond donors (Lipinski definition) is 0. The molecule has 1 aliphatic rings. The predicted octanol–water partition coefficient (Wildman–Crippen LogP) is 2.78. The molecule has 1 fully saturated rings. The van der Waals surface area contributed by atoms with E-state index in [9.17, 15) is 19.7 Å². The second kappa shape index (κ2) is 6.92. The number of nitrogens with zero attached hydrogens (tertiary/aromatic N) is 3. The van der Waals surface area contributed by atoms with Crippen LogP contribution in [0.1, 0.15) is 27.2 Å². The van der Waals surface area contributed by atoms with Crippen LogP contribution in [0.3, 0.4) is 0 Å². The van der Waals surface area contributed by atoms with Crippen molar-refractivity contribution in [3.05, 3.63) is 37.2 Å². The smallest absolute Gasteiger partial charge is 0.410 e. The maximum absolute atomic E-state index is 12.1. The molecule has 1 unspecified atom stereocenters. The number of rotatable bonds is 3. The number of nitro groups is 1. The van der Waals surface area contributed by atoms with E-state index >= 15 is 0 Å². The molecule has 1 atom stereocenters. The van der Waals surface area contributed by atoms with Crippen LogP contribution >= 0.6 is 15.9 Å². The maximum Gasteiger partial charge on any atom is 0.410 e. The minimum atomic E-state index is -0.689. The fraction of sp³-hybridized carbons (Fsp3) is 0.600. The van der Waals surface area contributed by atoms with Gasteiger partial charge in [0.25, 0.3) is 0 Å². The summed E-state index contributed by atoms with van der Waals surface area (Å²) in [5.41, 5.74) is -1.66. The predicted molar refractivity (Wildman–Crippen MR) is 91.0 cm³/mol. The van der Waals surface area contributed by atoms with Gasteiger partial charge in [0.05, 0.1) is 4.92 Å². The van der Waals surface area contributed by atoms with E-state index < -0.39 is 21.8 Å². The summed E-state index contributed by atoms with van der Waals surface area (Å²) in [5, 5.41) is 10.9. The highest BCUT2D eigenvalue weighted by molar-refractivity contribution is 9.10. The number of hydrogen-bond acceptors (Lipinski definition) is 5. The van der Waals surface area contributed by atoms with Crippen LogP contribution in [0.4, 0.5) is 10.5 Å². The van der Waals surface area contributed by atoms with E-state index in [-0.39, 0.29) is 12.0 Å². The Hall–Kier alpha value is -1.90. The van der Waals surface area contributed by atoms with Gasteiger partial charge in [0, 0.05) is 36.4 Å². The third-order valence-electron chi connectivity index (χ3n) is 3.62. The first-order valence-corrected chi connectivity index (χ1v) is 8.38. The zero-order valence-corrected chi connectivity index (χ0v) is 15.4. The van der Waals surface area contributed by atoms with E-state index in [4.69, 9.17) is 4.74 Å². The molecule has 2 rings (SSSR count). The van der Waals surface area contributed by atoms with Gasteiger partial charge in [-0.25, -0.2) is 4.79 Å². The van der Waals surface area contributed by atoms with Crippen LogP contribution in [0.25, 0.3) is 0 Å². The van der Waals surface area contributed by atoms with E-state index in [0.717, 1.165) is 0 Å². The summed E-state index contributed by atoms with van der Waals surface area (Å²) in [7, 11) is 0. The summed E-state index contributed by atoms with van der Waals surface area (Å²) >= 11 is 3.18. The molecule has 132 valence electrons. The number of carbonyl (C=O) groups excluding carboxylic acids is 1. The van der Waals surface area contributed by atoms with Crippen molar-refractivity contribution < 1.29 is 14.5 Å². The van der Waals surface area contributed by atoms with Crippen LogP contribution in [-0.2, 0) is 11.3 Å². The lowest BCUT2D eigenvalue weighted by Gasteiger charge is -2.24. The number of likely N-dealkylation sites (tertiary alicyclic amines) is 1. The maximum atomic E-state index is 12.1. The third kappa shape index (κ3) is 4.56. The van der Waals surface area contributed by atoms with Gasteiger partial charge in [-0.05, 0) is 49.0 Å². The molecule has 0 radical (unpaired) electrons. The van der Waals surface area contributed by atoms with Crippen LogP contribution in [-0.4, -0.2) is 39.2 Å². The molecule has 1 amide bonds. The number of aromatic nitrogens is 1. The Kier molecular flexibility index (Phi) is 5.32. The standard InChI is InChI=1S/C15H20BrN3O5/c1-15(2,3)24-14(21)17-5-4-10(7-17)8-18-9-11(16)6-12(13(18)20)19(22)23/h6,9-10H,4-5,7-8H2,1-3H3. The molecule has 1 aliphatic heterocycles. The molecule has 0 aliphatic carbocycles. The molecule has 0 spiro atoms. The first-order valence-electron chi connectivity index (χ1n) is 7.59. The first kappa shape index (κ1) is 18.4. The zero-order chi connectivity index (χ0) is 18.1. The zero-order valence-electron chi connectivity index (χ0n) is 13.8. The highest BCUT2D eigenvalue weighted by Gasteiger charge is 2.30. The van der Waals surface area contributed by atoms with Crippen molar-refractivity contribution in [2.75, 3.05) is 13.1 Å². The summed E-state index contributed by atoms with van der Waals surface area (Å²) in [6, 6.07) is 1.19. The normalized spacial score (nSPS) is 17.8. The average Bonchev–Trinajstić information content (AvgIpc) is 2.89. The minimum Gasteiger partial charge on any atom is -0.444 e. The SMILES string of the molecule is CC(C)(C)OC(=O)N1CCC(Cn2cc(Br)cc([N+](=O)[O-])c2=O)C1. The highest BCUT2D eigenvalue weighted by Crippen LogP contribution is 2.22. The Morgan fingerprint density at radius 1 is 1.50 bits per heavy atom. The van der Waals surface area contributed by atoms with Gasteiger partial charge in [-0.1, -0.05) is 0 Å². The summed E-state index contributed by atoms with van der Waals surface area (Å²) < 4.78 is 7.13. The molecule has 2 heterocycles. The topological polar surface area (TPSA) is 94.7 Å². The lowest BCUT2D eigenvalue weighted by atomic mass is 10.1. The highest BCUT2D eigenvalue weighted by atomic mass is 79.9. The fourth-order valence-electron chi connectivity index (χ4n) is 2.60. The van der Waals surface area contributed by atoms with Crippen LogP contribution in [0.15, 0.2) is 21.5 Å². The van der Waals surface area contributed by atoms with Crippen molar-refractivity contribution in [1.29, 1.82) is 0 Å². The molecule has 1 aromatic rings. The summed E-state index contributed by atoms with van der Waals surface area (Å²) in [5.74, 6) is 0.0455. The van der Waals surface area contributed by atoms with Gasteiger partial charge in [0.15, 0.2) is 0 Å². The van der Waals surface area contributed by atoms with E-state index in [1.807, 2.05) is 0 Å². The number of pyridine rings is 1. The van der Waals surface area contributed by atoms with Crippen molar-refractivity contribution in [3.8, 4) is 0 Å². The molecule has 1 saturated heterocycles. The van der Waals surface area contributed by atoms with Gasteiger partial charge < -0.3 is 14.2 Å². The van der Waals surface area contributed by atoms with Crippen LogP contribution in [0.2, 0.25) is 0 Å². The van der Waals surface area contributed by atoms with Gasteiger partial charge in [-0.15, -0.1) is 0 Å². The van der Waals surface area contributed by atoms with Gasteiger partial charge in [0.1, 0.15) is 5.60 Å². The Labute approximate surface area is 147 Å². The van der Waals surface area contributed by atoms with Crippen molar-refractivity contribution >= 4 is 27.7 Å². The van der Waals surface area contributed by atoms with Crippen molar-refractivity contribution in [2.45, 2.75) is 39.3 Å². The average molecular weight is 402 g/mol. The van der Waals surface area contributed by atoms with Crippen LogP contribution in [0, 0.1) is 16.0 Å². The Morgan fingerprint density at radius 3 is 2.75 bits per heavy atom. The van der Waals surface area contributed by atoms with Gasteiger partial charge in [-0.3, -0.25) is 14.9 Å². The van der Waals surface area contributed by atoms with Gasteiger partial charge in [0.2, 0.25) is 0 Å². The molecular formula is C15H20BrN3O5. The van der Waals surface area contributed by atoms with Crippen molar-refractivity contribution in [1.82, 2.24) is 9.47 Å².